The van der Waals surface area contributed by atoms with Crippen LogP contribution in [0.2, 0.25) is 10.0 Å². The molecule has 0 saturated carbocycles. The standard InChI is InChI=1S/C16H14Cl2OS/c1-10-3-4-11(2)13(7-10)16(19)9-20-12-5-6-14(17)15(18)8-12/h3-8H,9H2,1-2H3. The van der Waals surface area contributed by atoms with E-state index in [9.17, 15) is 4.79 Å². The first-order valence-electron chi connectivity index (χ1n) is 6.15. The molecule has 0 N–H and O–H groups in total. The lowest BCUT2D eigenvalue weighted by Gasteiger charge is -2.07. The van der Waals surface area contributed by atoms with Crippen LogP contribution in [-0.4, -0.2) is 11.5 Å². The molecule has 0 aromatic heterocycles. The molecular formula is C16H14Cl2OS. The number of halogens is 2. The van der Waals surface area contributed by atoms with Gasteiger partial charge in [0.1, 0.15) is 0 Å². The molecule has 0 aliphatic rings. The Hall–Kier alpha value is -0.960. The predicted molar refractivity (Wildman–Crippen MR) is 87.4 cm³/mol. The van der Waals surface area contributed by atoms with Gasteiger partial charge < -0.3 is 0 Å². The Labute approximate surface area is 133 Å². The van der Waals surface area contributed by atoms with Crippen molar-refractivity contribution in [3.05, 3.63) is 63.1 Å². The van der Waals surface area contributed by atoms with Crippen molar-refractivity contribution in [2.75, 3.05) is 5.75 Å². The number of ketones is 1. The number of hydrogen-bond acceptors (Lipinski definition) is 2. The summed E-state index contributed by atoms with van der Waals surface area (Å²) in [6.07, 6.45) is 0. The Morgan fingerprint density at radius 2 is 1.80 bits per heavy atom. The molecule has 0 amide bonds. The summed E-state index contributed by atoms with van der Waals surface area (Å²) in [6.45, 7) is 3.94. The molecule has 2 aromatic carbocycles. The van der Waals surface area contributed by atoms with Crippen LogP contribution in [0.4, 0.5) is 0 Å². The van der Waals surface area contributed by atoms with E-state index in [0.29, 0.717) is 15.8 Å². The SMILES string of the molecule is Cc1ccc(C)c(C(=O)CSc2ccc(Cl)c(Cl)c2)c1. The molecule has 104 valence electrons. The van der Waals surface area contributed by atoms with E-state index in [-0.39, 0.29) is 5.78 Å². The van der Waals surface area contributed by atoms with E-state index >= 15 is 0 Å². The fraction of sp³-hybridized carbons (Fsp3) is 0.188. The second kappa shape index (κ2) is 6.66. The maximum atomic E-state index is 12.3. The second-order valence-corrected chi connectivity index (χ2v) is 6.47. The lowest BCUT2D eigenvalue weighted by molar-refractivity contribution is 0.102. The molecule has 0 aliphatic heterocycles. The number of hydrogen-bond donors (Lipinski definition) is 0. The maximum absolute atomic E-state index is 12.3. The Morgan fingerprint density at radius 1 is 1.05 bits per heavy atom. The van der Waals surface area contributed by atoms with Gasteiger partial charge in [-0.2, -0.15) is 0 Å². The van der Waals surface area contributed by atoms with Gasteiger partial charge in [0.2, 0.25) is 0 Å². The molecule has 0 aliphatic carbocycles. The summed E-state index contributed by atoms with van der Waals surface area (Å²) in [6, 6.07) is 11.3. The van der Waals surface area contributed by atoms with E-state index in [0.717, 1.165) is 21.6 Å². The third-order valence-electron chi connectivity index (χ3n) is 2.95. The monoisotopic (exact) mass is 324 g/mol. The Bertz CT molecular complexity index is 653. The van der Waals surface area contributed by atoms with Gasteiger partial charge in [0, 0.05) is 10.5 Å². The molecule has 0 spiro atoms. The topological polar surface area (TPSA) is 17.1 Å². The van der Waals surface area contributed by atoms with E-state index in [4.69, 9.17) is 23.2 Å². The highest BCUT2D eigenvalue weighted by Crippen LogP contribution is 2.28. The number of carbonyl (C=O) groups excluding carboxylic acids is 1. The van der Waals surface area contributed by atoms with Gasteiger partial charge in [-0.25, -0.2) is 0 Å². The van der Waals surface area contributed by atoms with Crippen LogP contribution in [0.5, 0.6) is 0 Å². The van der Waals surface area contributed by atoms with Crippen LogP contribution in [0.15, 0.2) is 41.3 Å². The van der Waals surface area contributed by atoms with Gasteiger partial charge in [-0.3, -0.25) is 4.79 Å². The Morgan fingerprint density at radius 3 is 2.50 bits per heavy atom. The number of Topliss-reactive ketones (excluding diaryl/α,β-unsaturated/α-hetero) is 1. The first kappa shape index (κ1) is 15.4. The van der Waals surface area contributed by atoms with Crippen molar-refractivity contribution >= 4 is 40.7 Å². The predicted octanol–water partition coefficient (Wildman–Crippen LogP) is 5.59. The maximum Gasteiger partial charge on any atom is 0.173 e. The van der Waals surface area contributed by atoms with E-state index in [1.165, 1.54) is 11.8 Å². The summed E-state index contributed by atoms with van der Waals surface area (Å²) in [7, 11) is 0. The summed E-state index contributed by atoms with van der Waals surface area (Å²) in [4.78, 5) is 13.2. The first-order valence-corrected chi connectivity index (χ1v) is 7.90. The van der Waals surface area contributed by atoms with E-state index in [2.05, 4.69) is 0 Å². The minimum absolute atomic E-state index is 0.127. The van der Waals surface area contributed by atoms with Crippen LogP contribution in [0, 0.1) is 13.8 Å². The van der Waals surface area contributed by atoms with Gasteiger partial charge in [-0.05, 0) is 43.7 Å². The smallest absolute Gasteiger partial charge is 0.173 e. The van der Waals surface area contributed by atoms with E-state index in [1.54, 1.807) is 12.1 Å². The van der Waals surface area contributed by atoms with Crippen LogP contribution in [-0.2, 0) is 0 Å². The van der Waals surface area contributed by atoms with Crippen molar-refractivity contribution in [2.24, 2.45) is 0 Å². The molecule has 1 nitrogen and oxygen atoms in total. The van der Waals surface area contributed by atoms with Crippen LogP contribution in [0.1, 0.15) is 21.5 Å². The molecule has 0 heterocycles. The van der Waals surface area contributed by atoms with E-state index < -0.39 is 0 Å². The fourth-order valence-electron chi connectivity index (χ4n) is 1.83. The molecule has 0 bridgehead atoms. The Kier molecular flexibility index (Phi) is 5.14. The fourth-order valence-corrected chi connectivity index (χ4v) is 3.01. The highest BCUT2D eigenvalue weighted by molar-refractivity contribution is 8.00. The first-order chi connectivity index (χ1) is 9.47. The van der Waals surface area contributed by atoms with Crippen molar-refractivity contribution < 1.29 is 4.79 Å². The lowest BCUT2D eigenvalue weighted by atomic mass is 10.0. The zero-order valence-electron chi connectivity index (χ0n) is 11.2. The van der Waals surface area contributed by atoms with E-state index in [1.807, 2.05) is 38.1 Å². The second-order valence-electron chi connectivity index (χ2n) is 4.61. The van der Waals surface area contributed by atoms with Gasteiger partial charge in [-0.15, -0.1) is 11.8 Å². The summed E-state index contributed by atoms with van der Waals surface area (Å²) >= 11 is 13.3. The van der Waals surface area contributed by atoms with Crippen molar-refractivity contribution in [1.82, 2.24) is 0 Å². The van der Waals surface area contributed by atoms with Gasteiger partial charge >= 0.3 is 0 Å². The number of aryl methyl sites for hydroxylation is 2. The van der Waals surface area contributed by atoms with Gasteiger partial charge in [0.15, 0.2) is 5.78 Å². The van der Waals surface area contributed by atoms with Crippen molar-refractivity contribution in [1.29, 1.82) is 0 Å². The zero-order valence-corrected chi connectivity index (χ0v) is 13.6. The third kappa shape index (κ3) is 3.78. The number of thioether (sulfide) groups is 1. The minimum atomic E-state index is 0.127. The minimum Gasteiger partial charge on any atom is -0.293 e. The normalized spacial score (nSPS) is 10.6. The molecule has 0 unspecified atom stereocenters. The average Bonchev–Trinajstić information content (AvgIpc) is 2.42. The molecule has 2 aromatic rings. The molecule has 0 saturated heterocycles. The molecule has 20 heavy (non-hydrogen) atoms. The molecule has 0 fully saturated rings. The average molecular weight is 325 g/mol. The van der Waals surface area contributed by atoms with Crippen molar-refractivity contribution in [3.8, 4) is 0 Å². The molecule has 4 heteroatoms. The molecular weight excluding hydrogens is 311 g/mol. The third-order valence-corrected chi connectivity index (χ3v) is 4.69. The van der Waals surface area contributed by atoms with Crippen LogP contribution in [0.3, 0.4) is 0 Å². The molecule has 0 atom stereocenters. The van der Waals surface area contributed by atoms with Gasteiger partial charge in [-0.1, -0.05) is 40.9 Å². The number of carbonyl (C=O) groups is 1. The van der Waals surface area contributed by atoms with Crippen LogP contribution < -0.4 is 0 Å². The summed E-state index contributed by atoms with van der Waals surface area (Å²) < 4.78 is 0. The summed E-state index contributed by atoms with van der Waals surface area (Å²) in [5, 5.41) is 1.03. The summed E-state index contributed by atoms with van der Waals surface area (Å²) in [5.74, 6) is 0.518. The zero-order chi connectivity index (χ0) is 14.7. The molecule has 2 rings (SSSR count). The largest absolute Gasteiger partial charge is 0.293 e. The lowest BCUT2D eigenvalue weighted by Crippen LogP contribution is -2.05. The van der Waals surface area contributed by atoms with Crippen LogP contribution in [0.25, 0.3) is 0 Å². The molecule has 0 radical (unpaired) electrons. The Balaban J connectivity index is 2.08. The van der Waals surface area contributed by atoms with Crippen molar-refractivity contribution in [3.63, 3.8) is 0 Å². The van der Waals surface area contributed by atoms with Crippen LogP contribution >= 0.6 is 35.0 Å². The highest BCUT2D eigenvalue weighted by Gasteiger charge is 2.10. The highest BCUT2D eigenvalue weighted by atomic mass is 35.5. The quantitative estimate of drug-likeness (QED) is 0.539. The number of benzene rings is 2. The summed E-state index contributed by atoms with van der Waals surface area (Å²) in [5.41, 5.74) is 2.89. The number of rotatable bonds is 4. The van der Waals surface area contributed by atoms with Crippen molar-refractivity contribution in [2.45, 2.75) is 18.7 Å². The van der Waals surface area contributed by atoms with Gasteiger partial charge in [0.05, 0.1) is 15.8 Å². The van der Waals surface area contributed by atoms with Gasteiger partial charge in [0.25, 0.3) is 0 Å².